The van der Waals surface area contributed by atoms with Crippen LogP contribution in [0.4, 0.5) is 4.39 Å². The second-order valence-corrected chi connectivity index (χ2v) is 7.67. The standard InChI is InChI=1S/C21H15Cl2FN4O3/c22-16-10-27(31)11-17(23)19(16)26-21(30)20(29)15-9-14(28-18(15)2-1-7-25-28)8-12-3-5-13(24)6-4-12/h1-7,9-10,31H,8,11H2,(H,26,30). The molecule has 10 heteroatoms. The largest absolute Gasteiger partial charge is 0.317 e. The normalized spacial score (nSPS) is 14.1. The number of allylic oxidation sites excluding steroid dienone is 1. The molecule has 0 saturated heterocycles. The Kier molecular flexibility index (Phi) is 5.77. The van der Waals surface area contributed by atoms with E-state index in [0.717, 1.165) is 10.6 Å². The molecule has 0 saturated carbocycles. The second-order valence-electron chi connectivity index (χ2n) is 6.81. The van der Waals surface area contributed by atoms with E-state index in [-0.39, 0.29) is 33.7 Å². The Labute approximate surface area is 185 Å². The molecule has 7 nitrogen and oxygen atoms in total. The van der Waals surface area contributed by atoms with Crippen LogP contribution in [0.2, 0.25) is 0 Å². The molecule has 0 aliphatic carbocycles. The lowest BCUT2D eigenvalue weighted by molar-refractivity contribution is -0.116. The molecule has 1 aromatic carbocycles. The SMILES string of the molecule is O=C(NC1=C(Cl)CN(O)C=C1Cl)C(=O)c1cc(Cc2ccc(F)cc2)n2ncccc12. The molecule has 31 heavy (non-hydrogen) atoms. The second kappa shape index (κ2) is 8.50. The van der Waals surface area contributed by atoms with Crippen LogP contribution in [-0.4, -0.2) is 38.1 Å². The molecule has 1 aliphatic heterocycles. The number of hydrogen-bond donors (Lipinski definition) is 2. The van der Waals surface area contributed by atoms with Crippen LogP contribution in [0.5, 0.6) is 0 Å². The van der Waals surface area contributed by atoms with Crippen LogP contribution in [0.25, 0.3) is 5.52 Å². The molecule has 0 spiro atoms. The van der Waals surface area contributed by atoms with Gasteiger partial charge in [0.15, 0.2) is 0 Å². The fraction of sp³-hybridized carbons (Fsp3) is 0.0952. The van der Waals surface area contributed by atoms with Gasteiger partial charge in [0.1, 0.15) is 5.82 Å². The molecule has 0 fully saturated rings. The summed E-state index contributed by atoms with van der Waals surface area (Å²) in [4.78, 5) is 25.6. The quantitative estimate of drug-likeness (QED) is 0.448. The molecule has 0 atom stereocenters. The van der Waals surface area contributed by atoms with Crippen LogP contribution >= 0.6 is 23.2 Å². The maximum absolute atomic E-state index is 13.2. The van der Waals surface area contributed by atoms with E-state index in [2.05, 4.69) is 10.4 Å². The van der Waals surface area contributed by atoms with Crippen molar-refractivity contribution < 1.29 is 19.2 Å². The van der Waals surface area contributed by atoms with Crippen molar-refractivity contribution in [3.8, 4) is 0 Å². The van der Waals surface area contributed by atoms with E-state index in [1.165, 1.54) is 18.3 Å². The Hall–Kier alpha value is -3.20. The Balaban J connectivity index is 1.64. The van der Waals surface area contributed by atoms with Gasteiger partial charge in [-0.25, -0.2) is 8.91 Å². The molecule has 1 amide bonds. The number of carbonyl (C=O) groups is 2. The number of hydroxylamine groups is 2. The lowest BCUT2D eigenvalue weighted by Gasteiger charge is -2.21. The summed E-state index contributed by atoms with van der Waals surface area (Å²) in [5.41, 5.74) is 2.13. The number of halogens is 3. The predicted octanol–water partition coefficient (Wildman–Crippen LogP) is 3.60. The summed E-state index contributed by atoms with van der Waals surface area (Å²) in [5.74, 6) is -2.08. The van der Waals surface area contributed by atoms with Gasteiger partial charge in [-0.1, -0.05) is 35.3 Å². The van der Waals surface area contributed by atoms with Crippen molar-refractivity contribution >= 4 is 40.4 Å². The monoisotopic (exact) mass is 460 g/mol. The minimum atomic E-state index is -0.934. The first-order chi connectivity index (χ1) is 14.8. The average Bonchev–Trinajstić information content (AvgIpc) is 3.10. The van der Waals surface area contributed by atoms with E-state index in [9.17, 15) is 19.2 Å². The highest BCUT2D eigenvalue weighted by Crippen LogP contribution is 2.25. The lowest BCUT2D eigenvalue weighted by Crippen LogP contribution is -2.34. The van der Waals surface area contributed by atoms with Gasteiger partial charge in [-0.05, 0) is 35.9 Å². The fourth-order valence-corrected chi connectivity index (χ4v) is 3.83. The van der Waals surface area contributed by atoms with Gasteiger partial charge in [0.25, 0.3) is 11.7 Å². The highest BCUT2D eigenvalue weighted by atomic mass is 35.5. The summed E-state index contributed by atoms with van der Waals surface area (Å²) in [7, 11) is 0. The highest BCUT2D eigenvalue weighted by Gasteiger charge is 2.26. The van der Waals surface area contributed by atoms with Crippen molar-refractivity contribution in [1.82, 2.24) is 20.0 Å². The summed E-state index contributed by atoms with van der Waals surface area (Å²) in [5, 5.41) is 17.0. The van der Waals surface area contributed by atoms with Crippen molar-refractivity contribution in [3.05, 3.63) is 93.3 Å². The van der Waals surface area contributed by atoms with E-state index in [4.69, 9.17) is 23.2 Å². The number of Topliss-reactive ketones (excluding diaryl/α,β-unsaturated/α-hetero) is 1. The Morgan fingerprint density at radius 3 is 2.65 bits per heavy atom. The number of aromatic nitrogens is 2. The van der Waals surface area contributed by atoms with Gasteiger partial charge in [-0.3, -0.25) is 19.9 Å². The molecular formula is C21H15Cl2FN4O3. The van der Waals surface area contributed by atoms with Crippen molar-refractivity contribution in [2.45, 2.75) is 6.42 Å². The zero-order valence-electron chi connectivity index (χ0n) is 15.8. The lowest BCUT2D eigenvalue weighted by atomic mass is 10.1. The number of nitrogens with one attached hydrogen (secondary N) is 1. The number of ketones is 1. The molecule has 3 aromatic rings. The van der Waals surface area contributed by atoms with Gasteiger partial charge in [0.05, 0.1) is 33.4 Å². The molecular weight excluding hydrogens is 446 g/mol. The Bertz CT molecular complexity index is 1250. The van der Waals surface area contributed by atoms with E-state index in [1.807, 2.05) is 0 Å². The van der Waals surface area contributed by atoms with Gasteiger partial charge < -0.3 is 5.32 Å². The molecule has 0 radical (unpaired) electrons. The fourth-order valence-electron chi connectivity index (χ4n) is 3.24. The molecule has 2 N–H and O–H groups in total. The molecule has 0 bridgehead atoms. The number of benzene rings is 1. The van der Waals surface area contributed by atoms with Crippen LogP contribution in [0.3, 0.4) is 0 Å². The molecule has 4 rings (SSSR count). The van der Waals surface area contributed by atoms with Gasteiger partial charge >= 0.3 is 0 Å². The maximum Gasteiger partial charge on any atom is 0.296 e. The zero-order chi connectivity index (χ0) is 22.1. The third-order valence-corrected chi connectivity index (χ3v) is 5.27. The van der Waals surface area contributed by atoms with Crippen molar-refractivity contribution in [2.24, 2.45) is 0 Å². The summed E-state index contributed by atoms with van der Waals surface area (Å²) < 4.78 is 14.8. The van der Waals surface area contributed by atoms with Gasteiger partial charge in [-0.15, -0.1) is 0 Å². The van der Waals surface area contributed by atoms with Gasteiger partial charge in [0.2, 0.25) is 0 Å². The van der Waals surface area contributed by atoms with E-state index >= 15 is 0 Å². The molecule has 0 unspecified atom stereocenters. The summed E-state index contributed by atoms with van der Waals surface area (Å²) >= 11 is 12.1. The van der Waals surface area contributed by atoms with E-state index in [1.54, 1.807) is 41.0 Å². The third-order valence-electron chi connectivity index (χ3n) is 4.67. The zero-order valence-corrected chi connectivity index (χ0v) is 17.4. The topological polar surface area (TPSA) is 86.9 Å². The van der Waals surface area contributed by atoms with Crippen LogP contribution in [0, 0.1) is 5.82 Å². The van der Waals surface area contributed by atoms with Crippen molar-refractivity contribution in [3.63, 3.8) is 0 Å². The number of rotatable bonds is 5. The van der Waals surface area contributed by atoms with Crippen LogP contribution in [0.1, 0.15) is 21.6 Å². The first-order valence-corrected chi connectivity index (χ1v) is 9.86. The average molecular weight is 461 g/mol. The number of amides is 1. The van der Waals surface area contributed by atoms with E-state index in [0.29, 0.717) is 17.6 Å². The minimum absolute atomic E-state index is 0.0136. The summed E-state index contributed by atoms with van der Waals surface area (Å²) in [6, 6.07) is 10.9. The minimum Gasteiger partial charge on any atom is -0.317 e. The van der Waals surface area contributed by atoms with Crippen molar-refractivity contribution in [1.29, 1.82) is 0 Å². The smallest absolute Gasteiger partial charge is 0.296 e. The van der Waals surface area contributed by atoms with Gasteiger partial charge in [-0.2, -0.15) is 5.10 Å². The van der Waals surface area contributed by atoms with Gasteiger partial charge in [0, 0.05) is 24.5 Å². The number of hydrogen-bond acceptors (Lipinski definition) is 5. The Morgan fingerprint density at radius 1 is 1.19 bits per heavy atom. The summed E-state index contributed by atoms with van der Waals surface area (Å²) in [6.45, 7) is -0.0809. The number of carbonyl (C=O) groups excluding carboxylic acids is 2. The summed E-state index contributed by atoms with van der Waals surface area (Å²) in [6.07, 6.45) is 3.12. The third kappa shape index (κ3) is 4.32. The molecule has 3 heterocycles. The maximum atomic E-state index is 13.2. The number of fused-ring (bicyclic) bond motifs is 1. The van der Waals surface area contributed by atoms with Crippen molar-refractivity contribution in [2.75, 3.05) is 6.54 Å². The number of nitrogens with zero attached hydrogens (tertiary/aromatic N) is 3. The molecule has 158 valence electrons. The first-order valence-electron chi connectivity index (χ1n) is 9.11. The van der Waals surface area contributed by atoms with Crippen LogP contribution < -0.4 is 5.32 Å². The molecule has 2 aromatic heterocycles. The highest BCUT2D eigenvalue weighted by molar-refractivity contribution is 6.45. The molecule has 1 aliphatic rings. The Morgan fingerprint density at radius 2 is 1.94 bits per heavy atom. The van der Waals surface area contributed by atoms with Crippen LogP contribution in [-0.2, 0) is 11.2 Å². The first kappa shape index (κ1) is 21.0. The predicted molar refractivity (Wildman–Crippen MR) is 112 cm³/mol. The van der Waals surface area contributed by atoms with Crippen LogP contribution in [0.15, 0.2) is 70.6 Å². The van der Waals surface area contributed by atoms with E-state index < -0.39 is 11.7 Å².